The summed E-state index contributed by atoms with van der Waals surface area (Å²) in [6.45, 7) is 1.78. The Morgan fingerprint density at radius 2 is 2.11 bits per heavy atom. The number of rotatable bonds is 3. The summed E-state index contributed by atoms with van der Waals surface area (Å²) in [4.78, 5) is 25.6. The standard InChI is InChI=1S/C15H18N4O2.C2HF3O2/c1-17-9-11(8-16-17)19-13-4-5-18(14(13)7-15(19)20)10-12-3-2-6-21-12;3-2(4,5)1(6)7/h2-3,6,8-9,13-14H,4-5,7,10H2,1H3;(H,6,7). The van der Waals surface area contributed by atoms with Gasteiger partial charge in [0.15, 0.2) is 0 Å². The van der Waals surface area contributed by atoms with Gasteiger partial charge >= 0.3 is 12.1 Å². The molecule has 2 aromatic heterocycles. The molecular weight excluding hydrogens is 381 g/mol. The van der Waals surface area contributed by atoms with Crippen LogP contribution in [0.1, 0.15) is 18.6 Å². The second-order valence-electron chi connectivity index (χ2n) is 6.62. The maximum Gasteiger partial charge on any atom is 0.490 e. The molecule has 4 rings (SSSR count). The van der Waals surface area contributed by atoms with E-state index >= 15 is 0 Å². The minimum absolute atomic E-state index is 0.196. The number of nitrogens with zero attached hydrogens (tertiary/aromatic N) is 4. The molecule has 2 unspecified atom stereocenters. The Kier molecular flexibility index (Phi) is 5.45. The second kappa shape index (κ2) is 7.66. The molecule has 2 aliphatic heterocycles. The quantitative estimate of drug-likeness (QED) is 0.848. The Hall–Kier alpha value is -2.82. The smallest absolute Gasteiger partial charge is 0.475 e. The number of halogens is 3. The van der Waals surface area contributed by atoms with Crippen molar-refractivity contribution in [3.63, 3.8) is 0 Å². The molecular formula is C17H19F3N4O4. The predicted molar refractivity (Wildman–Crippen MR) is 90.3 cm³/mol. The van der Waals surface area contributed by atoms with Gasteiger partial charge in [0.2, 0.25) is 5.91 Å². The number of amides is 1. The number of anilines is 1. The molecule has 2 atom stereocenters. The lowest BCUT2D eigenvalue weighted by atomic mass is 10.1. The fraction of sp³-hybridized carbons (Fsp3) is 0.471. The molecule has 4 heterocycles. The average Bonchev–Trinajstić information content (AvgIpc) is 3.35. The van der Waals surface area contributed by atoms with Crippen LogP contribution in [0.3, 0.4) is 0 Å². The van der Waals surface area contributed by atoms with Crippen LogP contribution in [0.5, 0.6) is 0 Å². The zero-order valence-corrected chi connectivity index (χ0v) is 15.0. The number of alkyl halides is 3. The van der Waals surface area contributed by atoms with Crippen LogP contribution in [-0.2, 0) is 23.2 Å². The van der Waals surface area contributed by atoms with E-state index in [0.29, 0.717) is 6.42 Å². The third-order valence-corrected chi connectivity index (χ3v) is 4.76. The van der Waals surface area contributed by atoms with E-state index in [1.807, 2.05) is 30.3 Å². The lowest BCUT2D eigenvalue weighted by Crippen LogP contribution is -2.37. The van der Waals surface area contributed by atoms with E-state index in [1.54, 1.807) is 17.1 Å². The van der Waals surface area contributed by atoms with E-state index < -0.39 is 12.1 Å². The maximum absolute atomic E-state index is 12.4. The molecule has 2 fully saturated rings. The number of aromatic nitrogens is 2. The van der Waals surface area contributed by atoms with Crippen molar-refractivity contribution in [2.24, 2.45) is 7.05 Å². The number of aliphatic carboxylic acids is 1. The van der Waals surface area contributed by atoms with Crippen molar-refractivity contribution in [1.29, 1.82) is 0 Å². The van der Waals surface area contributed by atoms with E-state index in [4.69, 9.17) is 14.3 Å². The number of aryl methyl sites for hydroxylation is 1. The number of furan rings is 1. The SMILES string of the molecule is Cn1cc(N2C(=O)CC3C2CCN3Cc2ccco2)cn1.O=C(O)C(F)(F)F. The Morgan fingerprint density at radius 1 is 1.39 bits per heavy atom. The van der Waals surface area contributed by atoms with Crippen LogP contribution in [0.25, 0.3) is 0 Å². The van der Waals surface area contributed by atoms with Crippen LogP contribution in [0.2, 0.25) is 0 Å². The summed E-state index contributed by atoms with van der Waals surface area (Å²) in [6.07, 6.45) is 1.89. The number of fused-ring (bicyclic) bond motifs is 1. The molecule has 2 aliphatic rings. The van der Waals surface area contributed by atoms with Crippen LogP contribution in [0, 0.1) is 0 Å². The van der Waals surface area contributed by atoms with Crippen molar-refractivity contribution in [3.05, 3.63) is 36.5 Å². The Balaban J connectivity index is 0.000000279. The summed E-state index contributed by atoms with van der Waals surface area (Å²) in [5.41, 5.74) is 0.912. The summed E-state index contributed by atoms with van der Waals surface area (Å²) in [6, 6.07) is 4.44. The highest BCUT2D eigenvalue weighted by atomic mass is 19.4. The van der Waals surface area contributed by atoms with E-state index in [2.05, 4.69) is 10.00 Å². The van der Waals surface area contributed by atoms with E-state index in [-0.39, 0.29) is 18.0 Å². The summed E-state index contributed by atoms with van der Waals surface area (Å²) in [7, 11) is 1.87. The molecule has 0 aliphatic carbocycles. The highest BCUT2D eigenvalue weighted by Gasteiger charge is 2.47. The van der Waals surface area contributed by atoms with Gasteiger partial charge in [-0.15, -0.1) is 0 Å². The Bertz CT molecular complexity index is 834. The van der Waals surface area contributed by atoms with Crippen molar-refractivity contribution in [2.45, 2.75) is 37.6 Å². The number of hydrogen-bond donors (Lipinski definition) is 1. The topological polar surface area (TPSA) is 91.8 Å². The van der Waals surface area contributed by atoms with Crippen molar-refractivity contribution in [1.82, 2.24) is 14.7 Å². The highest BCUT2D eigenvalue weighted by Crippen LogP contribution is 2.36. The highest BCUT2D eigenvalue weighted by molar-refractivity contribution is 5.97. The first-order chi connectivity index (χ1) is 13.2. The third kappa shape index (κ3) is 4.19. The van der Waals surface area contributed by atoms with Crippen molar-refractivity contribution in [2.75, 3.05) is 11.4 Å². The lowest BCUT2D eigenvalue weighted by molar-refractivity contribution is -0.192. The zero-order valence-electron chi connectivity index (χ0n) is 15.0. The summed E-state index contributed by atoms with van der Waals surface area (Å²) in [5, 5.41) is 11.3. The maximum atomic E-state index is 12.4. The molecule has 1 N–H and O–H groups in total. The number of carboxylic acids is 1. The molecule has 8 nitrogen and oxygen atoms in total. The van der Waals surface area contributed by atoms with Gasteiger partial charge in [-0.1, -0.05) is 0 Å². The molecule has 0 radical (unpaired) electrons. The molecule has 28 heavy (non-hydrogen) atoms. The van der Waals surface area contributed by atoms with Gasteiger partial charge in [-0.25, -0.2) is 4.79 Å². The summed E-state index contributed by atoms with van der Waals surface area (Å²) < 4.78 is 38.9. The van der Waals surface area contributed by atoms with E-state index in [1.165, 1.54) is 0 Å². The summed E-state index contributed by atoms with van der Waals surface area (Å²) >= 11 is 0. The lowest BCUT2D eigenvalue weighted by Gasteiger charge is -2.23. The fourth-order valence-electron chi connectivity index (χ4n) is 3.60. The van der Waals surface area contributed by atoms with Crippen molar-refractivity contribution >= 4 is 17.6 Å². The molecule has 2 saturated heterocycles. The zero-order chi connectivity index (χ0) is 20.5. The molecule has 1 amide bonds. The number of hydrogen-bond acceptors (Lipinski definition) is 5. The molecule has 0 bridgehead atoms. The molecule has 152 valence electrons. The average molecular weight is 400 g/mol. The molecule has 0 aromatic carbocycles. The number of carbonyl (C=O) groups excluding carboxylic acids is 1. The third-order valence-electron chi connectivity index (χ3n) is 4.76. The van der Waals surface area contributed by atoms with Gasteiger partial charge in [0.25, 0.3) is 0 Å². The predicted octanol–water partition coefficient (Wildman–Crippen LogP) is 2.03. The van der Waals surface area contributed by atoms with Crippen LogP contribution in [-0.4, -0.2) is 56.5 Å². The molecule has 2 aromatic rings. The first-order valence-corrected chi connectivity index (χ1v) is 8.54. The number of carboxylic acid groups (broad SMARTS) is 1. The fourth-order valence-corrected chi connectivity index (χ4v) is 3.60. The van der Waals surface area contributed by atoms with Crippen LogP contribution in [0.15, 0.2) is 35.2 Å². The normalized spacial score (nSPS) is 22.1. The van der Waals surface area contributed by atoms with Gasteiger partial charge in [-0.05, 0) is 18.6 Å². The van der Waals surface area contributed by atoms with Gasteiger partial charge in [-0.3, -0.25) is 14.4 Å². The molecule has 11 heteroatoms. The van der Waals surface area contributed by atoms with E-state index in [0.717, 1.165) is 31.0 Å². The first kappa shape index (κ1) is 19.9. The van der Waals surface area contributed by atoms with Crippen molar-refractivity contribution < 1.29 is 32.3 Å². The minimum Gasteiger partial charge on any atom is -0.475 e. The first-order valence-electron chi connectivity index (χ1n) is 8.54. The molecule has 0 saturated carbocycles. The van der Waals surface area contributed by atoms with Gasteiger partial charge in [0.05, 0.1) is 30.7 Å². The Morgan fingerprint density at radius 3 is 2.64 bits per heavy atom. The Labute approximate surface area is 158 Å². The monoisotopic (exact) mass is 400 g/mol. The van der Waals surface area contributed by atoms with Gasteiger partial charge in [0, 0.05) is 32.3 Å². The van der Waals surface area contributed by atoms with E-state index in [9.17, 15) is 18.0 Å². The number of likely N-dealkylation sites (tertiary alicyclic amines) is 1. The summed E-state index contributed by atoms with van der Waals surface area (Å²) in [5.74, 6) is -1.60. The van der Waals surface area contributed by atoms with Gasteiger partial charge in [-0.2, -0.15) is 18.3 Å². The molecule has 0 spiro atoms. The number of carbonyl (C=O) groups is 2. The van der Waals surface area contributed by atoms with Crippen molar-refractivity contribution in [3.8, 4) is 0 Å². The largest absolute Gasteiger partial charge is 0.490 e. The van der Waals surface area contributed by atoms with Crippen LogP contribution >= 0.6 is 0 Å². The second-order valence-corrected chi connectivity index (χ2v) is 6.62. The van der Waals surface area contributed by atoms with Gasteiger partial charge < -0.3 is 14.4 Å². The van der Waals surface area contributed by atoms with Gasteiger partial charge in [0.1, 0.15) is 5.76 Å². The van der Waals surface area contributed by atoms with Crippen LogP contribution in [0.4, 0.5) is 18.9 Å². The van der Waals surface area contributed by atoms with Crippen LogP contribution < -0.4 is 4.90 Å². The minimum atomic E-state index is -5.08.